The zero-order valence-electron chi connectivity index (χ0n) is 11.2. The first-order valence-electron chi connectivity index (χ1n) is 6.34. The summed E-state index contributed by atoms with van der Waals surface area (Å²) in [6, 6.07) is 6.94. The fraction of sp³-hybridized carbons (Fsp3) is 0.429. The first-order chi connectivity index (χ1) is 9.10. The minimum Gasteiger partial charge on any atom is -0.352 e. The third kappa shape index (κ3) is 4.56. The summed E-state index contributed by atoms with van der Waals surface area (Å²) in [7, 11) is 0. The van der Waals surface area contributed by atoms with E-state index < -0.39 is 0 Å². The first-order valence-corrected chi connectivity index (χ1v) is 6.87. The maximum absolute atomic E-state index is 12.0. The van der Waals surface area contributed by atoms with E-state index >= 15 is 0 Å². The van der Waals surface area contributed by atoms with E-state index in [2.05, 4.69) is 10.6 Å². The number of halogens is 1. The van der Waals surface area contributed by atoms with Crippen molar-refractivity contribution >= 4 is 29.1 Å². The van der Waals surface area contributed by atoms with E-state index in [1.165, 1.54) is 0 Å². The van der Waals surface area contributed by atoms with E-state index in [9.17, 15) is 9.59 Å². The smallest absolute Gasteiger partial charge is 0.253 e. The summed E-state index contributed by atoms with van der Waals surface area (Å²) in [4.78, 5) is 23.8. The fourth-order valence-electron chi connectivity index (χ4n) is 1.45. The van der Waals surface area contributed by atoms with Gasteiger partial charge in [0.2, 0.25) is 5.91 Å². The lowest BCUT2D eigenvalue weighted by molar-refractivity contribution is -0.118. The van der Waals surface area contributed by atoms with Crippen LogP contribution >= 0.6 is 11.6 Å². The second-order valence-electron chi connectivity index (χ2n) is 4.35. The number of anilines is 1. The van der Waals surface area contributed by atoms with Crippen LogP contribution in [0.15, 0.2) is 24.3 Å². The maximum Gasteiger partial charge on any atom is 0.253 e. The molecule has 1 unspecified atom stereocenters. The number of alkyl halides is 1. The molecule has 0 radical (unpaired) electrons. The van der Waals surface area contributed by atoms with Crippen LogP contribution in [0, 0.1) is 5.92 Å². The van der Waals surface area contributed by atoms with Crippen LogP contribution in [0.5, 0.6) is 0 Å². The van der Waals surface area contributed by atoms with Crippen LogP contribution in [0.4, 0.5) is 5.69 Å². The van der Waals surface area contributed by atoms with Gasteiger partial charge < -0.3 is 10.6 Å². The van der Waals surface area contributed by atoms with Gasteiger partial charge in [-0.15, -0.1) is 11.6 Å². The summed E-state index contributed by atoms with van der Waals surface area (Å²) in [5, 5.41) is 5.52. The number of carbonyl (C=O) groups is 2. The summed E-state index contributed by atoms with van der Waals surface area (Å²) in [6.45, 7) is 4.33. The van der Waals surface area contributed by atoms with E-state index in [0.29, 0.717) is 17.8 Å². The summed E-state index contributed by atoms with van der Waals surface area (Å²) in [5.41, 5.74) is 0.976. The molecule has 0 saturated heterocycles. The van der Waals surface area contributed by atoms with Crippen LogP contribution < -0.4 is 10.6 Å². The average Bonchev–Trinajstić information content (AvgIpc) is 2.44. The molecule has 0 saturated carbocycles. The number of benzene rings is 1. The Morgan fingerprint density at radius 3 is 2.63 bits per heavy atom. The molecule has 1 rings (SSSR count). The van der Waals surface area contributed by atoms with Gasteiger partial charge in [0.05, 0.1) is 11.3 Å². The van der Waals surface area contributed by atoms with Gasteiger partial charge in [-0.3, -0.25) is 9.59 Å². The molecule has 0 aliphatic heterocycles. The number of carbonyl (C=O) groups excluding carboxylic acids is 2. The van der Waals surface area contributed by atoms with E-state index in [-0.39, 0.29) is 23.6 Å². The molecule has 104 valence electrons. The van der Waals surface area contributed by atoms with Gasteiger partial charge in [-0.2, -0.15) is 0 Å². The standard InChI is InChI=1S/C14H19ClN2O2/c1-3-8-16-14(19)11-6-4-5-7-12(11)17-13(18)10(2)9-15/h4-7,10H,3,8-9H2,1-2H3,(H,16,19)(H,17,18). The van der Waals surface area contributed by atoms with Gasteiger partial charge in [-0.1, -0.05) is 26.0 Å². The Morgan fingerprint density at radius 2 is 2.00 bits per heavy atom. The van der Waals surface area contributed by atoms with E-state index in [4.69, 9.17) is 11.6 Å². The normalized spacial score (nSPS) is 11.7. The lowest BCUT2D eigenvalue weighted by Crippen LogP contribution is -2.27. The molecule has 2 amide bonds. The number of hydrogen-bond donors (Lipinski definition) is 2. The van der Waals surface area contributed by atoms with Crippen LogP contribution in [-0.4, -0.2) is 24.2 Å². The molecule has 1 aromatic carbocycles. The number of para-hydroxylation sites is 1. The van der Waals surface area contributed by atoms with Crippen molar-refractivity contribution < 1.29 is 9.59 Å². The monoisotopic (exact) mass is 282 g/mol. The summed E-state index contributed by atoms with van der Waals surface area (Å²) in [6.07, 6.45) is 0.865. The van der Waals surface area contributed by atoms with Gasteiger partial charge >= 0.3 is 0 Å². The molecular formula is C14H19ClN2O2. The van der Waals surface area contributed by atoms with Crippen LogP contribution in [-0.2, 0) is 4.79 Å². The molecule has 19 heavy (non-hydrogen) atoms. The van der Waals surface area contributed by atoms with Crippen LogP contribution in [0.1, 0.15) is 30.6 Å². The number of nitrogens with one attached hydrogen (secondary N) is 2. The van der Waals surface area contributed by atoms with Crippen molar-refractivity contribution in [3.05, 3.63) is 29.8 Å². The zero-order valence-corrected chi connectivity index (χ0v) is 12.0. The highest BCUT2D eigenvalue weighted by Crippen LogP contribution is 2.16. The van der Waals surface area contributed by atoms with Gasteiger partial charge in [-0.05, 0) is 18.6 Å². The van der Waals surface area contributed by atoms with Crippen molar-refractivity contribution in [3.63, 3.8) is 0 Å². The Hall–Kier alpha value is -1.55. The van der Waals surface area contributed by atoms with Crippen molar-refractivity contribution in [3.8, 4) is 0 Å². The molecule has 0 aliphatic rings. The zero-order chi connectivity index (χ0) is 14.3. The predicted molar refractivity (Wildman–Crippen MR) is 77.6 cm³/mol. The number of hydrogen-bond acceptors (Lipinski definition) is 2. The molecule has 1 aromatic rings. The second-order valence-corrected chi connectivity index (χ2v) is 4.65. The van der Waals surface area contributed by atoms with Crippen molar-refractivity contribution in [1.29, 1.82) is 0 Å². The molecule has 1 atom stereocenters. The van der Waals surface area contributed by atoms with Gasteiger partial charge in [-0.25, -0.2) is 0 Å². The highest BCUT2D eigenvalue weighted by Gasteiger charge is 2.15. The number of amides is 2. The quantitative estimate of drug-likeness (QED) is 0.788. The highest BCUT2D eigenvalue weighted by molar-refractivity contribution is 6.19. The molecule has 0 heterocycles. The third-order valence-corrected chi connectivity index (χ3v) is 3.11. The molecule has 0 bridgehead atoms. The predicted octanol–water partition coefficient (Wildman–Crippen LogP) is 2.64. The van der Waals surface area contributed by atoms with Gasteiger partial charge in [0.1, 0.15) is 0 Å². The molecular weight excluding hydrogens is 264 g/mol. The largest absolute Gasteiger partial charge is 0.352 e. The lowest BCUT2D eigenvalue weighted by Gasteiger charge is -2.13. The highest BCUT2D eigenvalue weighted by atomic mass is 35.5. The Morgan fingerprint density at radius 1 is 1.32 bits per heavy atom. The Balaban J connectivity index is 2.84. The third-order valence-electron chi connectivity index (χ3n) is 2.64. The Bertz CT molecular complexity index is 449. The van der Waals surface area contributed by atoms with Gasteiger partial charge in [0.15, 0.2) is 0 Å². The Kier molecular flexibility index (Phi) is 6.36. The minimum atomic E-state index is -0.298. The van der Waals surface area contributed by atoms with Crippen molar-refractivity contribution in [2.45, 2.75) is 20.3 Å². The second kappa shape index (κ2) is 7.79. The van der Waals surface area contributed by atoms with E-state index in [1.807, 2.05) is 6.92 Å². The van der Waals surface area contributed by atoms with Gasteiger partial charge in [0.25, 0.3) is 5.91 Å². The molecule has 4 nitrogen and oxygen atoms in total. The molecule has 0 fully saturated rings. The number of rotatable bonds is 6. The minimum absolute atomic E-state index is 0.184. The average molecular weight is 283 g/mol. The van der Waals surface area contributed by atoms with Crippen molar-refractivity contribution in [1.82, 2.24) is 5.32 Å². The maximum atomic E-state index is 12.0. The van der Waals surface area contributed by atoms with Crippen LogP contribution in [0.2, 0.25) is 0 Å². The topological polar surface area (TPSA) is 58.2 Å². The first kappa shape index (κ1) is 15.5. The van der Waals surface area contributed by atoms with E-state index in [1.54, 1.807) is 31.2 Å². The molecule has 5 heteroatoms. The lowest BCUT2D eigenvalue weighted by atomic mass is 10.1. The fourth-order valence-corrected chi connectivity index (χ4v) is 1.59. The van der Waals surface area contributed by atoms with Crippen LogP contribution in [0.3, 0.4) is 0 Å². The molecule has 0 aliphatic carbocycles. The molecule has 0 aromatic heterocycles. The molecule has 2 N–H and O–H groups in total. The molecule has 0 spiro atoms. The van der Waals surface area contributed by atoms with Gasteiger partial charge in [0, 0.05) is 18.3 Å². The summed E-state index contributed by atoms with van der Waals surface area (Å²) < 4.78 is 0. The van der Waals surface area contributed by atoms with Crippen molar-refractivity contribution in [2.75, 3.05) is 17.7 Å². The Labute approximate surface area is 118 Å². The van der Waals surface area contributed by atoms with E-state index in [0.717, 1.165) is 6.42 Å². The van der Waals surface area contributed by atoms with Crippen molar-refractivity contribution in [2.24, 2.45) is 5.92 Å². The summed E-state index contributed by atoms with van der Waals surface area (Å²) in [5.74, 6) is -0.425. The summed E-state index contributed by atoms with van der Waals surface area (Å²) >= 11 is 5.64. The SMILES string of the molecule is CCCNC(=O)c1ccccc1NC(=O)C(C)CCl. The van der Waals surface area contributed by atoms with Crippen LogP contribution in [0.25, 0.3) is 0 Å².